The standard InChI is InChI=1S/C23H20N8O2/c1-14(2)33-18-4-3-17-12-26-22(19(17)11-18)15-5-7-24-20(9-15)28-23(32)16-6-8-25-21(10-16)31-13-27-29-30-31/h3-11,13-14H,12H2,1-2H3,(H,24,28,32). The van der Waals surface area contributed by atoms with Crippen molar-refractivity contribution in [2.75, 3.05) is 5.32 Å². The van der Waals surface area contributed by atoms with Crippen LogP contribution in [0.5, 0.6) is 5.75 Å². The molecule has 0 aliphatic carbocycles. The van der Waals surface area contributed by atoms with Crippen LogP contribution in [0.2, 0.25) is 0 Å². The van der Waals surface area contributed by atoms with Gasteiger partial charge in [-0.15, -0.1) is 5.10 Å². The Kier molecular flexibility index (Phi) is 5.31. The first kappa shape index (κ1) is 20.4. The first-order chi connectivity index (χ1) is 16.1. The molecule has 0 bridgehead atoms. The molecular formula is C23H20N8O2. The van der Waals surface area contributed by atoms with Crippen molar-refractivity contribution in [1.29, 1.82) is 0 Å². The number of ether oxygens (including phenoxy) is 1. The minimum atomic E-state index is -0.322. The summed E-state index contributed by atoms with van der Waals surface area (Å²) in [6, 6.07) is 12.9. The summed E-state index contributed by atoms with van der Waals surface area (Å²) in [6.45, 7) is 4.59. The predicted octanol–water partition coefficient (Wildman–Crippen LogP) is 2.84. The topological polar surface area (TPSA) is 120 Å². The van der Waals surface area contributed by atoms with Crippen LogP contribution >= 0.6 is 0 Å². The lowest BCUT2D eigenvalue weighted by Gasteiger charge is -2.12. The number of hydrogen-bond donors (Lipinski definition) is 1. The Hall–Kier alpha value is -4.47. The van der Waals surface area contributed by atoms with Crippen molar-refractivity contribution in [3.8, 4) is 11.6 Å². The van der Waals surface area contributed by atoms with Gasteiger partial charge in [0.05, 0.1) is 18.4 Å². The van der Waals surface area contributed by atoms with Crippen molar-refractivity contribution in [3.63, 3.8) is 0 Å². The Morgan fingerprint density at radius 3 is 2.79 bits per heavy atom. The second-order valence-corrected chi connectivity index (χ2v) is 7.69. The highest BCUT2D eigenvalue weighted by Crippen LogP contribution is 2.28. The van der Waals surface area contributed by atoms with E-state index < -0.39 is 0 Å². The van der Waals surface area contributed by atoms with Gasteiger partial charge in [-0.3, -0.25) is 9.79 Å². The average Bonchev–Trinajstić information content (AvgIpc) is 3.49. The van der Waals surface area contributed by atoms with Crippen LogP contribution in [0.15, 0.2) is 66.2 Å². The van der Waals surface area contributed by atoms with E-state index in [9.17, 15) is 4.79 Å². The van der Waals surface area contributed by atoms with Gasteiger partial charge >= 0.3 is 0 Å². The molecule has 0 unspecified atom stereocenters. The van der Waals surface area contributed by atoms with Crippen LogP contribution in [-0.2, 0) is 6.54 Å². The van der Waals surface area contributed by atoms with Gasteiger partial charge in [0, 0.05) is 29.1 Å². The first-order valence-corrected chi connectivity index (χ1v) is 10.4. The summed E-state index contributed by atoms with van der Waals surface area (Å²) in [5, 5.41) is 13.8. The Morgan fingerprint density at radius 2 is 1.97 bits per heavy atom. The van der Waals surface area contributed by atoms with Crippen LogP contribution in [-0.4, -0.2) is 47.9 Å². The van der Waals surface area contributed by atoms with E-state index in [-0.39, 0.29) is 12.0 Å². The fourth-order valence-electron chi connectivity index (χ4n) is 3.54. The lowest BCUT2D eigenvalue weighted by molar-refractivity contribution is 0.102. The molecule has 1 amide bonds. The summed E-state index contributed by atoms with van der Waals surface area (Å²) in [5.74, 6) is 1.34. The van der Waals surface area contributed by atoms with Crippen molar-refractivity contribution in [2.24, 2.45) is 4.99 Å². The Morgan fingerprint density at radius 1 is 1.09 bits per heavy atom. The molecule has 1 aromatic carbocycles. The number of aliphatic imine (C=N–C) groups is 1. The second-order valence-electron chi connectivity index (χ2n) is 7.69. The summed E-state index contributed by atoms with van der Waals surface area (Å²) in [5.41, 5.74) is 4.28. The molecule has 3 aromatic heterocycles. The van der Waals surface area contributed by atoms with E-state index in [4.69, 9.17) is 9.73 Å². The van der Waals surface area contributed by atoms with Crippen LogP contribution in [0.1, 0.15) is 40.9 Å². The Labute approximate surface area is 189 Å². The van der Waals surface area contributed by atoms with Crippen LogP contribution in [0, 0.1) is 0 Å². The zero-order valence-corrected chi connectivity index (χ0v) is 18.0. The summed E-state index contributed by atoms with van der Waals surface area (Å²) in [7, 11) is 0. The van der Waals surface area contributed by atoms with Gasteiger partial charge in [0.1, 0.15) is 17.9 Å². The molecule has 0 atom stereocenters. The first-order valence-electron chi connectivity index (χ1n) is 10.4. The molecule has 4 aromatic rings. The number of nitrogens with one attached hydrogen (secondary N) is 1. The number of tetrazole rings is 1. The number of rotatable bonds is 6. The van der Waals surface area contributed by atoms with E-state index in [0.717, 1.165) is 28.2 Å². The molecular weight excluding hydrogens is 420 g/mol. The number of pyridine rings is 2. The maximum atomic E-state index is 12.8. The molecule has 10 nitrogen and oxygen atoms in total. The van der Waals surface area contributed by atoms with Crippen LogP contribution in [0.25, 0.3) is 5.82 Å². The van der Waals surface area contributed by atoms with Crippen molar-refractivity contribution in [3.05, 3.63) is 83.4 Å². The number of nitrogens with zero attached hydrogens (tertiary/aromatic N) is 7. The molecule has 0 fully saturated rings. The highest BCUT2D eigenvalue weighted by Gasteiger charge is 2.19. The lowest BCUT2D eigenvalue weighted by atomic mass is 10.0. The largest absolute Gasteiger partial charge is 0.491 e. The Bertz CT molecular complexity index is 1350. The fraction of sp³-hybridized carbons (Fsp3) is 0.174. The van der Waals surface area contributed by atoms with Gasteiger partial charge in [0.2, 0.25) is 0 Å². The number of fused-ring (bicyclic) bond motifs is 1. The molecule has 33 heavy (non-hydrogen) atoms. The molecule has 5 rings (SSSR count). The van der Waals surface area contributed by atoms with E-state index in [1.54, 1.807) is 18.3 Å². The molecule has 0 spiro atoms. The van der Waals surface area contributed by atoms with Gasteiger partial charge in [-0.05, 0) is 66.2 Å². The van der Waals surface area contributed by atoms with Crippen molar-refractivity contribution < 1.29 is 9.53 Å². The maximum Gasteiger partial charge on any atom is 0.257 e. The molecule has 1 aliphatic rings. The molecule has 1 aliphatic heterocycles. The van der Waals surface area contributed by atoms with E-state index in [0.29, 0.717) is 23.7 Å². The second kappa shape index (κ2) is 8.58. The summed E-state index contributed by atoms with van der Waals surface area (Å²) >= 11 is 0. The number of benzene rings is 1. The van der Waals surface area contributed by atoms with Crippen molar-refractivity contribution in [1.82, 2.24) is 30.2 Å². The average molecular weight is 440 g/mol. The van der Waals surface area contributed by atoms with E-state index >= 15 is 0 Å². The minimum absolute atomic E-state index is 0.0853. The third kappa shape index (κ3) is 4.31. The van der Waals surface area contributed by atoms with Gasteiger partial charge in [-0.1, -0.05) is 6.07 Å². The highest BCUT2D eigenvalue weighted by molar-refractivity contribution is 6.16. The molecule has 1 N–H and O–H groups in total. The SMILES string of the molecule is CC(C)Oc1ccc2c(c1)C(c1ccnc(NC(=O)c3ccnc(-n4cnnn4)c3)c1)=NC2. The van der Waals surface area contributed by atoms with E-state index in [2.05, 4.69) is 30.8 Å². The zero-order valence-electron chi connectivity index (χ0n) is 18.0. The summed E-state index contributed by atoms with van der Waals surface area (Å²) < 4.78 is 7.22. The normalized spacial score (nSPS) is 12.4. The number of carbonyl (C=O) groups is 1. The lowest BCUT2D eigenvalue weighted by Crippen LogP contribution is -2.14. The van der Waals surface area contributed by atoms with Crippen molar-refractivity contribution >= 4 is 17.4 Å². The van der Waals surface area contributed by atoms with E-state index in [1.165, 1.54) is 17.2 Å². The van der Waals surface area contributed by atoms with Crippen LogP contribution < -0.4 is 10.1 Å². The van der Waals surface area contributed by atoms with Crippen LogP contribution in [0.4, 0.5) is 5.82 Å². The molecule has 0 saturated carbocycles. The molecule has 0 saturated heterocycles. The number of carbonyl (C=O) groups excluding carboxylic acids is 1. The van der Waals surface area contributed by atoms with Gasteiger partial charge < -0.3 is 10.1 Å². The maximum absolute atomic E-state index is 12.8. The Balaban J connectivity index is 1.37. The molecule has 4 heterocycles. The van der Waals surface area contributed by atoms with E-state index in [1.807, 2.05) is 44.2 Å². The number of hydrogen-bond acceptors (Lipinski definition) is 8. The van der Waals surface area contributed by atoms with Crippen LogP contribution in [0.3, 0.4) is 0 Å². The fourth-order valence-corrected chi connectivity index (χ4v) is 3.54. The monoisotopic (exact) mass is 440 g/mol. The van der Waals surface area contributed by atoms with Gasteiger partial charge in [0.15, 0.2) is 5.82 Å². The smallest absolute Gasteiger partial charge is 0.257 e. The van der Waals surface area contributed by atoms with Gasteiger partial charge in [0.25, 0.3) is 5.91 Å². The number of anilines is 1. The minimum Gasteiger partial charge on any atom is -0.491 e. The molecule has 0 radical (unpaired) electrons. The highest BCUT2D eigenvalue weighted by atomic mass is 16.5. The third-order valence-electron chi connectivity index (χ3n) is 4.98. The predicted molar refractivity (Wildman–Crippen MR) is 121 cm³/mol. The van der Waals surface area contributed by atoms with Crippen molar-refractivity contribution in [2.45, 2.75) is 26.5 Å². The molecule has 164 valence electrons. The quantitative estimate of drug-likeness (QED) is 0.489. The number of aromatic nitrogens is 6. The zero-order chi connectivity index (χ0) is 22.8. The van der Waals surface area contributed by atoms with Gasteiger partial charge in [-0.2, -0.15) is 4.68 Å². The van der Waals surface area contributed by atoms with Gasteiger partial charge in [-0.25, -0.2) is 9.97 Å². The summed E-state index contributed by atoms with van der Waals surface area (Å²) in [4.78, 5) is 26.0. The molecule has 10 heteroatoms. The summed E-state index contributed by atoms with van der Waals surface area (Å²) in [6.07, 6.45) is 4.67. The third-order valence-corrected chi connectivity index (χ3v) is 4.98. The number of amides is 1.